The second kappa shape index (κ2) is 4.70. The molecule has 1 saturated heterocycles. The summed E-state index contributed by atoms with van der Waals surface area (Å²) in [5.41, 5.74) is 1.76. The lowest BCUT2D eigenvalue weighted by Crippen LogP contribution is -2.32. The van der Waals surface area contributed by atoms with E-state index in [-0.39, 0.29) is 0 Å². The first-order chi connectivity index (χ1) is 6.84. The van der Waals surface area contributed by atoms with E-state index in [9.17, 15) is 0 Å². The maximum absolute atomic E-state index is 3.96. The molecule has 78 valence electrons. The topological polar surface area (TPSA) is 41.0 Å². The molecule has 1 aliphatic heterocycles. The van der Waals surface area contributed by atoms with Crippen molar-refractivity contribution < 1.29 is 0 Å². The highest BCUT2D eigenvalue weighted by atomic mass is 32.1. The molecule has 1 aliphatic rings. The first kappa shape index (κ1) is 9.86. The predicted molar refractivity (Wildman–Crippen MR) is 58.6 cm³/mol. The van der Waals surface area contributed by atoms with Gasteiger partial charge in [-0.1, -0.05) is 11.3 Å². The monoisotopic (exact) mass is 212 g/mol. The van der Waals surface area contributed by atoms with Crippen molar-refractivity contribution in [1.82, 2.24) is 15.1 Å². The molecule has 0 amide bonds. The van der Waals surface area contributed by atoms with E-state index in [1.807, 2.05) is 0 Å². The highest BCUT2D eigenvalue weighted by Crippen LogP contribution is 2.17. The summed E-state index contributed by atoms with van der Waals surface area (Å²) < 4.78 is 0. The maximum Gasteiger partial charge on any atom is 0.205 e. The van der Waals surface area contributed by atoms with Gasteiger partial charge in [-0.05, 0) is 38.9 Å². The Bertz CT molecular complexity index is 254. The number of hydrogen-bond donors (Lipinski definition) is 1. The highest BCUT2D eigenvalue weighted by Gasteiger charge is 2.16. The van der Waals surface area contributed by atoms with Crippen LogP contribution in [0.25, 0.3) is 0 Å². The van der Waals surface area contributed by atoms with Crippen LogP contribution in [0.1, 0.15) is 12.8 Å². The molecule has 4 nitrogen and oxygen atoms in total. The van der Waals surface area contributed by atoms with Gasteiger partial charge in [0.15, 0.2) is 0 Å². The third-order valence-electron chi connectivity index (χ3n) is 2.74. The summed E-state index contributed by atoms with van der Waals surface area (Å²) in [7, 11) is 2.19. The first-order valence-electron chi connectivity index (χ1n) is 5.03. The number of piperidine rings is 1. The Morgan fingerprint density at radius 1 is 1.57 bits per heavy atom. The summed E-state index contributed by atoms with van der Waals surface area (Å²) in [6.45, 7) is 3.49. The summed E-state index contributed by atoms with van der Waals surface area (Å²) >= 11 is 1.57. The lowest BCUT2D eigenvalue weighted by atomic mass is 9.97. The summed E-state index contributed by atoms with van der Waals surface area (Å²) in [5.74, 6) is 0.801. The van der Waals surface area contributed by atoms with E-state index >= 15 is 0 Å². The summed E-state index contributed by atoms with van der Waals surface area (Å²) in [4.78, 5) is 2.39. The minimum Gasteiger partial charge on any atom is -0.360 e. The molecule has 0 aromatic carbocycles. The molecule has 2 heterocycles. The van der Waals surface area contributed by atoms with E-state index in [1.54, 1.807) is 16.8 Å². The van der Waals surface area contributed by atoms with Gasteiger partial charge in [-0.2, -0.15) is 0 Å². The number of anilines is 1. The van der Waals surface area contributed by atoms with Gasteiger partial charge in [0, 0.05) is 6.54 Å². The Morgan fingerprint density at radius 2 is 2.36 bits per heavy atom. The van der Waals surface area contributed by atoms with Gasteiger partial charge in [-0.3, -0.25) is 0 Å². The average Bonchev–Trinajstić information content (AvgIpc) is 2.70. The Labute approximate surface area is 88.3 Å². The Balaban J connectivity index is 1.71. The number of likely N-dealkylation sites (tertiary alicyclic amines) is 1. The van der Waals surface area contributed by atoms with Crippen LogP contribution in [-0.4, -0.2) is 41.8 Å². The van der Waals surface area contributed by atoms with E-state index in [0.717, 1.165) is 17.6 Å². The van der Waals surface area contributed by atoms with Gasteiger partial charge < -0.3 is 10.2 Å². The van der Waals surface area contributed by atoms with Gasteiger partial charge >= 0.3 is 0 Å². The van der Waals surface area contributed by atoms with Crippen molar-refractivity contribution in [1.29, 1.82) is 0 Å². The van der Waals surface area contributed by atoms with Gasteiger partial charge in [0.1, 0.15) is 5.51 Å². The number of rotatable bonds is 3. The van der Waals surface area contributed by atoms with Crippen LogP contribution < -0.4 is 5.32 Å². The third-order valence-corrected chi connectivity index (χ3v) is 3.39. The molecule has 1 N–H and O–H groups in total. The van der Waals surface area contributed by atoms with Gasteiger partial charge in [-0.15, -0.1) is 10.2 Å². The van der Waals surface area contributed by atoms with Crippen LogP contribution in [0.15, 0.2) is 5.51 Å². The molecule has 0 bridgehead atoms. The SMILES string of the molecule is CN1CCC(CNc2nncs2)CC1. The molecule has 1 fully saturated rings. The van der Waals surface area contributed by atoms with E-state index in [2.05, 4.69) is 27.5 Å². The van der Waals surface area contributed by atoms with Crippen molar-refractivity contribution in [3.63, 3.8) is 0 Å². The normalized spacial score (nSPS) is 19.8. The maximum atomic E-state index is 3.96. The molecule has 0 unspecified atom stereocenters. The van der Waals surface area contributed by atoms with Crippen molar-refractivity contribution in [3.05, 3.63) is 5.51 Å². The van der Waals surface area contributed by atoms with Gasteiger partial charge in [0.05, 0.1) is 0 Å². The largest absolute Gasteiger partial charge is 0.360 e. The van der Waals surface area contributed by atoms with Crippen molar-refractivity contribution in [2.45, 2.75) is 12.8 Å². The molecule has 0 radical (unpaired) electrons. The minimum atomic E-state index is 0.801. The summed E-state index contributed by atoms with van der Waals surface area (Å²) in [6.07, 6.45) is 2.59. The average molecular weight is 212 g/mol. The van der Waals surface area contributed by atoms with E-state index in [1.165, 1.54) is 25.9 Å². The molecule has 14 heavy (non-hydrogen) atoms. The first-order valence-corrected chi connectivity index (χ1v) is 5.91. The van der Waals surface area contributed by atoms with Crippen LogP contribution in [0.3, 0.4) is 0 Å². The molecular weight excluding hydrogens is 196 g/mol. The standard InChI is InChI=1S/C9H16N4S/c1-13-4-2-8(3-5-13)6-10-9-12-11-7-14-9/h7-8H,2-6H2,1H3,(H,10,12). The molecule has 0 aliphatic carbocycles. The highest BCUT2D eigenvalue weighted by molar-refractivity contribution is 7.13. The number of nitrogens with zero attached hydrogens (tertiary/aromatic N) is 3. The molecule has 1 aromatic heterocycles. The zero-order valence-corrected chi connectivity index (χ0v) is 9.26. The molecule has 2 rings (SSSR count). The van der Waals surface area contributed by atoms with Crippen LogP contribution in [0.5, 0.6) is 0 Å². The zero-order valence-electron chi connectivity index (χ0n) is 8.44. The number of aromatic nitrogens is 2. The van der Waals surface area contributed by atoms with Gasteiger partial charge in [-0.25, -0.2) is 0 Å². The second-order valence-electron chi connectivity index (χ2n) is 3.87. The third kappa shape index (κ3) is 2.65. The van der Waals surface area contributed by atoms with Crippen molar-refractivity contribution >= 4 is 16.5 Å². The lowest BCUT2D eigenvalue weighted by Gasteiger charge is -2.28. The fourth-order valence-corrected chi connectivity index (χ4v) is 2.20. The fraction of sp³-hybridized carbons (Fsp3) is 0.778. The summed E-state index contributed by atoms with van der Waals surface area (Å²) in [5, 5.41) is 12.0. The smallest absolute Gasteiger partial charge is 0.205 e. The second-order valence-corrected chi connectivity index (χ2v) is 4.70. The van der Waals surface area contributed by atoms with E-state index in [4.69, 9.17) is 0 Å². The Hall–Kier alpha value is -0.680. The molecular formula is C9H16N4S. The fourth-order valence-electron chi connectivity index (χ4n) is 1.75. The molecule has 0 atom stereocenters. The van der Waals surface area contributed by atoms with Crippen LogP contribution in [0, 0.1) is 5.92 Å². The summed E-state index contributed by atoms with van der Waals surface area (Å²) in [6, 6.07) is 0. The van der Waals surface area contributed by atoms with Crippen molar-refractivity contribution in [2.24, 2.45) is 5.92 Å². The Morgan fingerprint density at radius 3 is 3.00 bits per heavy atom. The molecule has 0 spiro atoms. The quantitative estimate of drug-likeness (QED) is 0.820. The molecule has 5 heteroatoms. The van der Waals surface area contributed by atoms with Gasteiger partial charge in [0.2, 0.25) is 5.13 Å². The lowest BCUT2D eigenvalue weighted by molar-refractivity contribution is 0.226. The van der Waals surface area contributed by atoms with Crippen molar-refractivity contribution in [3.8, 4) is 0 Å². The minimum absolute atomic E-state index is 0.801. The Kier molecular flexibility index (Phi) is 3.31. The van der Waals surface area contributed by atoms with Crippen LogP contribution in [0.4, 0.5) is 5.13 Å². The van der Waals surface area contributed by atoms with E-state index in [0.29, 0.717) is 0 Å². The van der Waals surface area contributed by atoms with Crippen molar-refractivity contribution in [2.75, 3.05) is 32.0 Å². The molecule has 0 saturated carbocycles. The number of hydrogen-bond acceptors (Lipinski definition) is 5. The number of nitrogens with one attached hydrogen (secondary N) is 1. The zero-order chi connectivity index (χ0) is 9.80. The predicted octanol–water partition coefficient (Wildman–Crippen LogP) is 1.29. The van der Waals surface area contributed by atoms with Crippen LogP contribution in [0.2, 0.25) is 0 Å². The molecule has 1 aromatic rings. The van der Waals surface area contributed by atoms with Crippen LogP contribution >= 0.6 is 11.3 Å². The van der Waals surface area contributed by atoms with E-state index < -0.39 is 0 Å². The van der Waals surface area contributed by atoms with Gasteiger partial charge in [0.25, 0.3) is 0 Å². The van der Waals surface area contributed by atoms with Crippen LogP contribution in [-0.2, 0) is 0 Å².